The summed E-state index contributed by atoms with van der Waals surface area (Å²) in [5.74, 6) is 0.842. The van der Waals surface area contributed by atoms with Crippen LogP contribution in [0.2, 0.25) is 0 Å². The van der Waals surface area contributed by atoms with Gasteiger partial charge < -0.3 is 9.73 Å². The molecule has 0 saturated heterocycles. The Morgan fingerprint density at radius 1 is 1.17 bits per heavy atom. The monoisotopic (exact) mass is 340 g/mol. The van der Waals surface area contributed by atoms with Gasteiger partial charge in [0.15, 0.2) is 0 Å². The van der Waals surface area contributed by atoms with E-state index >= 15 is 0 Å². The molecule has 0 saturated carbocycles. The van der Waals surface area contributed by atoms with Crippen LogP contribution in [0, 0.1) is 0 Å². The SMILES string of the molecule is CN(CC(=O)N[C@H](c1ccccc1)c1cccs1)Cc1ccco1. The number of carbonyl (C=O) groups excluding carboxylic acids is 1. The molecule has 2 aromatic heterocycles. The quantitative estimate of drug-likeness (QED) is 0.714. The Bertz CT molecular complexity index is 739. The maximum absolute atomic E-state index is 12.5. The normalized spacial score (nSPS) is 12.2. The van der Waals surface area contributed by atoms with Crippen LogP contribution in [0.1, 0.15) is 22.2 Å². The lowest BCUT2D eigenvalue weighted by Crippen LogP contribution is -2.37. The average Bonchev–Trinajstić information content (AvgIpc) is 3.27. The van der Waals surface area contributed by atoms with Gasteiger partial charge in [-0.25, -0.2) is 0 Å². The topological polar surface area (TPSA) is 45.5 Å². The van der Waals surface area contributed by atoms with Crippen LogP contribution >= 0.6 is 11.3 Å². The molecule has 0 spiro atoms. The predicted octanol–water partition coefficient (Wildman–Crippen LogP) is 3.68. The van der Waals surface area contributed by atoms with Crippen molar-refractivity contribution in [1.29, 1.82) is 0 Å². The largest absolute Gasteiger partial charge is 0.468 e. The van der Waals surface area contributed by atoms with E-state index in [1.54, 1.807) is 17.6 Å². The van der Waals surface area contributed by atoms with Gasteiger partial charge in [-0.05, 0) is 36.2 Å². The highest BCUT2D eigenvalue weighted by molar-refractivity contribution is 7.10. The molecule has 0 aliphatic heterocycles. The molecule has 2 heterocycles. The molecule has 3 rings (SSSR count). The minimum atomic E-state index is -0.115. The van der Waals surface area contributed by atoms with Crippen molar-refractivity contribution in [3.8, 4) is 0 Å². The fourth-order valence-electron chi connectivity index (χ4n) is 2.60. The summed E-state index contributed by atoms with van der Waals surface area (Å²) < 4.78 is 5.32. The van der Waals surface area contributed by atoms with Gasteiger partial charge in [-0.2, -0.15) is 0 Å². The van der Waals surface area contributed by atoms with Gasteiger partial charge in [0.25, 0.3) is 0 Å². The molecule has 0 bridgehead atoms. The van der Waals surface area contributed by atoms with Gasteiger partial charge in [-0.3, -0.25) is 9.69 Å². The van der Waals surface area contributed by atoms with Crippen LogP contribution in [0.15, 0.2) is 70.7 Å². The molecule has 1 aromatic carbocycles. The van der Waals surface area contributed by atoms with Gasteiger partial charge in [0.1, 0.15) is 5.76 Å². The molecule has 5 heteroatoms. The van der Waals surface area contributed by atoms with Crippen LogP contribution in [-0.4, -0.2) is 24.4 Å². The van der Waals surface area contributed by atoms with E-state index in [1.807, 2.05) is 65.9 Å². The number of carbonyl (C=O) groups is 1. The summed E-state index contributed by atoms with van der Waals surface area (Å²) in [6.07, 6.45) is 1.64. The van der Waals surface area contributed by atoms with E-state index in [0.29, 0.717) is 13.1 Å². The highest BCUT2D eigenvalue weighted by Crippen LogP contribution is 2.25. The molecule has 0 fully saturated rings. The standard InChI is InChI=1S/C19H20N2O2S/c1-21(13-16-9-5-11-23-16)14-18(22)20-19(17-10-6-12-24-17)15-7-3-2-4-8-15/h2-12,19H,13-14H2,1H3,(H,20,22)/t19-/m1/s1. The van der Waals surface area contributed by atoms with E-state index in [9.17, 15) is 4.79 Å². The third kappa shape index (κ3) is 4.34. The first-order valence-electron chi connectivity index (χ1n) is 7.81. The number of benzene rings is 1. The zero-order valence-electron chi connectivity index (χ0n) is 13.5. The smallest absolute Gasteiger partial charge is 0.234 e. The fraction of sp³-hybridized carbons (Fsp3) is 0.211. The number of furan rings is 1. The molecule has 0 aliphatic carbocycles. The van der Waals surface area contributed by atoms with Gasteiger partial charge in [-0.15, -0.1) is 11.3 Å². The molecule has 1 atom stereocenters. The molecule has 1 N–H and O–H groups in total. The maximum atomic E-state index is 12.5. The summed E-state index contributed by atoms with van der Waals surface area (Å²) in [4.78, 5) is 15.5. The van der Waals surface area contributed by atoms with Crippen molar-refractivity contribution in [2.45, 2.75) is 12.6 Å². The van der Waals surface area contributed by atoms with Crippen molar-refractivity contribution >= 4 is 17.2 Å². The van der Waals surface area contributed by atoms with Crippen molar-refractivity contribution in [1.82, 2.24) is 10.2 Å². The third-order valence-corrected chi connectivity index (χ3v) is 4.62. The van der Waals surface area contributed by atoms with Gasteiger partial charge >= 0.3 is 0 Å². The summed E-state index contributed by atoms with van der Waals surface area (Å²) >= 11 is 1.65. The van der Waals surface area contributed by atoms with Gasteiger partial charge in [-0.1, -0.05) is 36.4 Å². The number of nitrogens with one attached hydrogen (secondary N) is 1. The van der Waals surface area contributed by atoms with Gasteiger partial charge in [0.2, 0.25) is 5.91 Å². The van der Waals surface area contributed by atoms with Crippen molar-refractivity contribution in [2.24, 2.45) is 0 Å². The predicted molar refractivity (Wildman–Crippen MR) is 95.8 cm³/mol. The lowest BCUT2D eigenvalue weighted by Gasteiger charge is -2.20. The summed E-state index contributed by atoms with van der Waals surface area (Å²) in [6.45, 7) is 0.921. The van der Waals surface area contributed by atoms with Crippen LogP contribution in [0.25, 0.3) is 0 Å². The lowest BCUT2D eigenvalue weighted by molar-refractivity contribution is -0.122. The molecule has 124 valence electrons. The van der Waals surface area contributed by atoms with Gasteiger partial charge in [0.05, 0.1) is 25.4 Å². The number of hydrogen-bond acceptors (Lipinski definition) is 4. The highest BCUT2D eigenvalue weighted by Gasteiger charge is 2.18. The lowest BCUT2D eigenvalue weighted by atomic mass is 10.1. The zero-order chi connectivity index (χ0) is 16.8. The second-order valence-electron chi connectivity index (χ2n) is 5.68. The minimum Gasteiger partial charge on any atom is -0.468 e. The fourth-order valence-corrected chi connectivity index (χ4v) is 3.40. The Labute approximate surface area is 145 Å². The first-order valence-corrected chi connectivity index (χ1v) is 8.69. The minimum absolute atomic E-state index is 0.00805. The molecule has 24 heavy (non-hydrogen) atoms. The van der Waals surface area contributed by atoms with Crippen molar-refractivity contribution < 1.29 is 9.21 Å². The molecule has 4 nitrogen and oxygen atoms in total. The first-order chi connectivity index (χ1) is 11.7. The molecule has 0 aliphatic rings. The van der Waals surface area contributed by atoms with E-state index in [0.717, 1.165) is 16.2 Å². The number of thiophene rings is 1. The molecular weight excluding hydrogens is 320 g/mol. The van der Waals surface area contributed by atoms with Crippen molar-refractivity contribution in [2.75, 3.05) is 13.6 Å². The van der Waals surface area contributed by atoms with E-state index in [2.05, 4.69) is 11.4 Å². The van der Waals surface area contributed by atoms with E-state index in [1.165, 1.54) is 0 Å². The number of hydrogen-bond donors (Lipinski definition) is 1. The Balaban J connectivity index is 1.65. The highest BCUT2D eigenvalue weighted by atomic mass is 32.1. The Hall–Kier alpha value is -2.37. The third-order valence-electron chi connectivity index (χ3n) is 3.69. The van der Waals surface area contributed by atoms with E-state index in [4.69, 9.17) is 4.42 Å². The van der Waals surface area contributed by atoms with Crippen LogP contribution in [0.3, 0.4) is 0 Å². The second-order valence-corrected chi connectivity index (χ2v) is 6.66. The number of amides is 1. The summed E-state index contributed by atoms with van der Waals surface area (Å²) in [6, 6.07) is 17.7. The molecule has 3 aromatic rings. The number of nitrogens with zero attached hydrogens (tertiary/aromatic N) is 1. The number of rotatable bonds is 7. The van der Waals surface area contributed by atoms with Crippen LogP contribution in [0.4, 0.5) is 0 Å². The van der Waals surface area contributed by atoms with E-state index < -0.39 is 0 Å². The maximum Gasteiger partial charge on any atom is 0.234 e. The van der Waals surface area contributed by atoms with Crippen LogP contribution in [0.5, 0.6) is 0 Å². The molecular formula is C19H20N2O2S. The average molecular weight is 340 g/mol. The zero-order valence-corrected chi connectivity index (χ0v) is 14.3. The second kappa shape index (κ2) is 7.95. The van der Waals surface area contributed by atoms with E-state index in [-0.39, 0.29) is 11.9 Å². The molecule has 1 amide bonds. The number of likely N-dealkylation sites (N-methyl/N-ethyl adjacent to an activating group) is 1. The van der Waals surface area contributed by atoms with Crippen LogP contribution < -0.4 is 5.32 Å². The van der Waals surface area contributed by atoms with Crippen molar-refractivity contribution in [3.05, 3.63) is 82.4 Å². The van der Waals surface area contributed by atoms with Crippen molar-refractivity contribution in [3.63, 3.8) is 0 Å². The summed E-state index contributed by atoms with van der Waals surface area (Å²) in [5, 5.41) is 5.17. The Morgan fingerprint density at radius 2 is 2.00 bits per heavy atom. The summed E-state index contributed by atoms with van der Waals surface area (Å²) in [5.41, 5.74) is 1.09. The summed E-state index contributed by atoms with van der Waals surface area (Å²) in [7, 11) is 1.91. The Morgan fingerprint density at radius 3 is 2.67 bits per heavy atom. The Kier molecular flexibility index (Phi) is 5.46. The van der Waals surface area contributed by atoms with Gasteiger partial charge in [0, 0.05) is 4.88 Å². The van der Waals surface area contributed by atoms with Crippen LogP contribution in [-0.2, 0) is 11.3 Å². The first kappa shape index (κ1) is 16.5. The molecule has 0 unspecified atom stereocenters. The molecule has 0 radical (unpaired) electrons.